The first-order valence-electron chi connectivity index (χ1n) is 8.96. The second kappa shape index (κ2) is 6.61. The fourth-order valence-corrected chi connectivity index (χ4v) is 4.69. The summed E-state index contributed by atoms with van der Waals surface area (Å²) in [7, 11) is 4.48. The van der Waals surface area contributed by atoms with Crippen molar-refractivity contribution in [3.8, 4) is 11.4 Å². The van der Waals surface area contributed by atoms with Crippen molar-refractivity contribution in [2.24, 2.45) is 11.8 Å². The zero-order valence-corrected chi connectivity index (χ0v) is 14.6. The molecule has 126 valence electrons. The van der Waals surface area contributed by atoms with Gasteiger partial charge in [-0.1, -0.05) is 30.3 Å². The van der Waals surface area contributed by atoms with Gasteiger partial charge in [-0.25, -0.2) is 9.97 Å². The summed E-state index contributed by atoms with van der Waals surface area (Å²) >= 11 is 0. The predicted octanol–water partition coefficient (Wildman–Crippen LogP) is 2.92. The Labute approximate surface area is 144 Å². The van der Waals surface area contributed by atoms with E-state index in [1.807, 2.05) is 30.6 Å². The number of benzene rings is 1. The highest BCUT2D eigenvalue weighted by atomic mass is 15.2. The second-order valence-corrected chi connectivity index (χ2v) is 7.53. The molecule has 2 bridgehead atoms. The average Bonchev–Trinajstić information content (AvgIpc) is 2.88. The largest absolute Gasteiger partial charge is 0.306 e. The lowest BCUT2D eigenvalue weighted by Crippen LogP contribution is -2.50. The van der Waals surface area contributed by atoms with E-state index in [0.717, 1.165) is 35.8 Å². The lowest BCUT2D eigenvalue weighted by Gasteiger charge is -2.41. The maximum atomic E-state index is 4.57. The van der Waals surface area contributed by atoms with E-state index in [1.165, 1.54) is 31.5 Å². The number of fused-ring (bicyclic) bond motifs is 2. The first kappa shape index (κ1) is 15.7. The van der Waals surface area contributed by atoms with Crippen molar-refractivity contribution in [1.29, 1.82) is 0 Å². The van der Waals surface area contributed by atoms with Crippen molar-refractivity contribution >= 4 is 0 Å². The Morgan fingerprint density at radius 1 is 1.00 bits per heavy atom. The Kier molecular flexibility index (Phi) is 4.33. The van der Waals surface area contributed by atoms with Gasteiger partial charge in [0, 0.05) is 49.2 Å². The highest BCUT2D eigenvalue weighted by Crippen LogP contribution is 2.39. The van der Waals surface area contributed by atoms with Crippen LogP contribution in [0.5, 0.6) is 0 Å². The Morgan fingerprint density at radius 2 is 1.62 bits per heavy atom. The molecular formula is C20H26N4. The topological polar surface area (TPSA) is 32.3 Å². The van der Waals surface area contributed by atoms with Gasteiger partial charge in [0.15, 0.2) is 5.82 Å². The zero-order valence-electron chi connectivity index (χ0n) is 14.6. The van der Waals surface area contributed by atoms with Crippen molar-refractivity contribution in [1.82, 2.24) is 19.8 Å². The van der Waals surface area contributed by atoms with Crippen LogP contribution in [0.4, 0.5) is 0 Å². The molecular weight excluding hydrogens is 296 g/mol. The van der Waals surface area contributed by atoms with Gasteiger partial charge in [0.1, 0.15) is 0 Å². The molecule has 0 spiro atoms. The van der Waals surface area contributed by atoms with Gasteiger partial charge >= 0.3 is 0 Å². The van der Waals surface area contributed by atoms with Gasteiger partial charge in [0.05, 0.1) is 0 Å². The van der Waals surface area contributed by atoms with Gasteiger partial charge < -0.3 is 4.90 Å². The SMILES string of the molecule is CN(C)C1[C@@H]2CC[C@H]1CN(Cc1cnc(-c3ccccc3)nc1)C2. The standard InChI is InChI=1S/C20H26N4/c1-23(2)19-17-8-9-18(19)14-24(13-17)12-15-10-21-20(22-11-15)16-6-4-3-5-7-16/h3-7,10-11,17-19H,8-9,12-14H2,1-2H3/t17-,18+,19?. The van der Waals surface area contributed by atoms with Crippen molar-refractivity contribution in [2.75, 3.05) is 27.2 Å². The number of rotatable bonds is 4. The van der Waals surface area contributed by atoms with E-state index in [1.54, 1.807) is 0 Å². The van der Waals surface area contributed by atoms with E-state index in [2.05, 4.69) is 46.0 Å². The van der Waals surface area contributed by atoms with Crippen LogP contribution in [0.25, 0.3) is 11.4 Å². The van der Waals surface area contributed by atoms with Crippen molar-refractivity contribution in [3.05, 3.63) is 48.3 Å². The molecule has 0 N–H and O–H groups in total. The van der Waals surface area contributed by atoms with E-state index in [-0.39, 0.29) is 0 Å². The maximum absolute atomic E-state index is 4.57. The number of hydrogen-bond donors (Lipinski definition) is 0. The van der Waals surface area contributed by atoms with Crippen molar-refractivity contribution in [3.63, 3.8) is 0 Å². The highest BCUT2D eigenvalue weighted by Gasteiger charge is 2.42. The Morgan fingerprint density at radius 3 is 2.21 bits per heavy atom. The molecule has 24 heavy (non-hydrogen) atoms. The third-order valence-electron chi connectivity index (χ3n) is 5.60. The van der Waals surface area contributed by atoms with Crippen LogP contribution in [0.1, 0.15) is 18.4 Å². The molecule has 4 rings (SSSR count). The number of nitrogens with zero attached hydrogens (tertiary/aromatic N) is 4. The smallest absolute Gasteiger partial charge is 0.159 e. The molecule has 1 saturated carbocycles. The lowest BCUT2D eigenvalue weighted by atomic mass is 9.91. The molecule has 1 aromatic heterocycles. The summed E-state index contributed by atoms with van der Waals surface area (Å²) in [6.07, 6.45) is 6.76. The fraction of sp³-hybridized carbons (Fsp3) is 0.500. The van der Waals surface area contributed by atoms with Gasteiger partial charge in [0.25, 0.3) is 0 Å². The predicted molar refractivity (Wildman–Crippen MR) is 96.4 cm³/mol. The number of aromatic nitrogens is 2. The quantitative estimate of drug-likeness (QED) is 0.866. The van der Waals surface area contributed by atoms with Crippen LogP contribution in [0.15, 0.2) is 42.7 Å². The molecule has 1 saturated heterocycles. The minimum atomic E-state index is 0.776. The number of piperidine rings is 1. The molecule has 2 aromatic rings. The first-order chi connectivity index (χ1) is 11.7. The van der Waals surface area contributed by atoms with Gasteiger partial charge in [-0.15, -0.1) is 0 Å². The summed E-state index contributed by atoms with van der Waals surface area (Å²) in [4.78, 5) is 14.2. The van der Waals surface area contributed by atoms with Crippen LogP contribution in [0.2, 0.25) is 0 Å². The van der Waals surface area contributed by atoms with Crippen LogP contribution >= 0.6 is 0 Å². The van der Waals surface area contributed by atoms with Crippen LogP contribution in [-0.4, -0.2) is 53.0 Å². The average molecular weight is 322 g/mol. The maximum Gasteiger partial charge on any atom is 0.159 e. The molecule has 3 atom stereocenters. The molecule has 2 fully saturated rings. The normalized spacial score (nSPS) is 26.9. The molecule has 1 unspecified atom stereocenters. The van der Waals surface area contributed by atoms with Crippen LogP contribution in [-0.2, 0) is 6.54 Å². The van der Waals surface area contributed by atoms with Gasteiger partial charge in [0.2, 0.25) is 0 Å². The monoisotopic (exact) mass is 322 g/mol. The van der Waals surface area contributed by atoms with E-state index >= 15 is 0 Å². The molecule has 2 aliphatic rings. The van der Waals surface area contributed by atoms with E-state index in [4.69, 9.17) is 0 Å². The molecule has 1 aliphatic heterocycles. The molecule has 0 radical (unpaired) electrons. The van der Waals surface area contributed by atoms with E-state index < -0.39 is 0 Å². The lowest BCUT2D eigenvalue weighted by molar-refractivity contribution is 0.0713. The molecule has 4 heteroatoms. The Balaban J connectivity index is 1.42. The molecule has 2 heterocycles. The van der Waals surface area contributed by atoms with Crippen LogP contribution in [0, 0.1) is 11.8 Å². The summed E-state index contributed by atoms with van der Waals surface area (Å²) in [6.45, 7) is 3.39. The Bertz CT molecular complexity index is 654. The van der Waals surface area contributed by atoms with Gasteiger partial charge in [-0.2, -0.15) is 0 Å². The van der Waals surface area contributed by atoms with Crippen LogP contribution < -0.4 is 0 Å². The minimum absolute atomic E-state index is 0.776. The Hall–Kier alpha value is -1.78. The zero-order chi connectivity index (χ0) is 16.5. The molecule has 1 aromatic carbocycles. The van der Waals surface area contributed by atoms with E-state index in [9.17, 15) is 0 Å². The van der Waals surface area contributed by atoms with Gasteiger partial charge in [-0.05, 0) is 38.8 Å². The second-order valence-electron chi connectivity index (χ2n) is 7.53. The molecule has 4 nitrogen and oxygen atoms in total. The third-order valence-corrected chi connectivity index (χ3v) is 5.60. The molecule has 1 aliphatic carbocycles. The number of hydrogen-bond acceptors (Lipinski definition) is 4. The summed E-state index contributed by atoms with van der Waals surface area (Å²) in [6, 6.07) is 11.0. The summed E-state index contributed by atoms with van der Waals surface area (Å²) in [5, 5.41) is 0. The third kappa shape index (κ3) is 3.08. The number of likely N-dealkylation sites (tertiary alicyclic amines) is 1. The summed E-state index contributed by atoms with van der Waals surface area (Å²) < 4.78 is 0. The van der Waals surface area contributed by atoms with Gasteiger partial charge in [-0.3, -0.25) is 4.90 Å². The molecule has 0 amide bonds. The van der Waals surface area contributed by atoms with Crippen molar-refractivity contribution in [2.45, 2.75) is 25.4 Å². The fourth-order valence-electron chi connectivity index (χ4n) is 4.69. The van der Waals surface area contributed by atoms with Crippen molar-refractivity contribution < 1.29 is 0 Å². The highest BCUT2D eigenvalue weighted by molar-refractivity contribution is 5.53. The summed E-state index contributed by atoms with van der Waals surface area (Å²) in [5.41, 5.74) is 2.30. The summed E-state index contributed by atoms with van der Waals surface area (Å²) in [5.74, 6) is 2.46. The van der Waals surface area contributed by atoms with Crippen LogP contribution in [0.3, 0.4) is 0 Å². The minimum Gasteiger partial charge on any atom is -0.306 e. The van der Waals surface area contributed by atoms with E-state index in [0.29, 0.717) is 0 Å². The first-order valence-corrected chi connectivity index (χ1v) is 8.96.